The second-order valence-electron chi connectivity index (χ2n) is 5.71. The molecule has 2 aromatic heterocycles. The summed E-state index contributed by atoms with van der Waals surface area (Å²) >= 11 is 3.24. The molecular weight excluding hydrogens is 365 g/mol. The molecule has 2 heterocycles. The molecule has 6 heteroatoms. The predicted octanol–water partition coefficient (Wildman–Crippen LogP) is 5.68. The number of benzene rings is 2. The number of nitrogens with one attached hydrogen (secondary N) is 1. The number of thioether (sulfide) groups is 2. The van der Waals surface area contributed by atoms with Crippen molar-refractivity contribution in [3.8, 4) is 0 Å². The third kappa shape index (κ3) is 4.08. The van der Waals surface area contributed by atoms with Crippen molar-refractivity contribution in [3.63, 3.8) is 0 Å². The van der Waals surface area contributed by atoms with Crippen LogP contribution in [-0.2, 0) is 11.5 Å². The first-order valence-corrected chi connectivity index (χ1v) is 10.1. The van der Waals surface area contributed by atoms with Crippen molar-refractivity contribution in [2.45, 2.75) is 21.6 Å². The van der Waals surface area contributed by atoms with Crippen molar-refractivity contribution in [1.82, 2.24) is 15.0 Å². The number of aromatic amines is 1. The predicted molar refractivity (Wildman–Crippen MR) is 106 cm³/mol. The van der Waals surface area contributed by atoms with E-state index >= 15 is 0 Å². The van der Waals surface area contributed by atoms with Crippen molar-refractivity contribution in [3.05, 3.63) is 83.9 Å². The van der Waals surface area contributed by atoms with Gasteiger partial charge in [-0.1, -0.05) is 42.1 Å². The molecule has 26 heavy (non-hydrogen) atoms. The molecule has 0 fully saturated rings. The van der Waals surface area contributed by atoms with Crippen molar-refractivity contribution in [2.24, 2.45) is 0 Å². The first kappa shape index (κ1) is 17.1. The quantitative estimate of drug-likeness (QED) is 0.436. The van der Waals surface area contributed by atoms with Gasteiger partial charge in [-0.2, -0.15) is 0 Å². The Balaban J connectivity index is 1.40. The minimum Gasteiger partial charge on any atom is -0.333 e. The summed E-state index contributed by atoms with van der Waals surface area (Å²) in [6, 6.07) is 18.9. The van der Waals surface area contributed by atoms with E-state index in [4.69, 9.17) is 0 Å². The molecule has 0 atom stereocenters. The van der Waals surface area contributed by atoms with E-state index in [-0.39, 0.29) is 5.82 Å². The second kappa shape index (κ2) is 7.93. The van der Waals surface area contributed by atoms with E-state index in [0.29, 0.717) is 11.3 Å². The number of halogens is 1. The number of fused-ring (bicyclic) bond motifs is 1. The molecule has 0 amide bonds. The second-order valence-corrected chi connectivity index (χ2v) is 7.72. The summed E-state index contributed by atoms with van der Waals surface area (Å²) in [6.07, 6.45) is 1.80. The lowest BCUT2D eigenvalue weighted by Crippen LogP contribution is -1.89. The number of nitrogens with zero attached hydrogens (tertiary/aromatic N) is 2. The van der Waals surface area contributed by atoms with Gasteiger partial charge in [0.05, 0.1) is 16.7 Å². The van der Waals surface area contributed by atoms with Gasteiger partial charge in [0.2, 0.25) is 0 Å². The Kier molecular flexibility index (Phi) is 5.22. The summed E-state index contributed by atoms with van der Waals surface area (Å²) in [5.41, 5.74) is 3.70. The summed E-state index contributed by atoms with van der Waals surface area (Å²) in [7, 11) is 0. The maximum absolute atomic E-state index is 13.7. The van der Waals surface area contributed by atoms with Gasteiger partial charge in [0, 0.05) is 22.6 Å². The number of hydrogen-bond acceptors (Lipinski definition) is 4. The van der Waals surface area contributed by atoms with E-state index in [9.17, 15) is 4.39 Å². The maximum atomic E-state index is 13.7. The average Bonchev–Trinajstić information content (AvgIpc) is 3.09. The van der Waals surface area contributed by atoms with Crippen LogP contribution in [0.3, 0.4) is 0 Å². The third-order valence-corrected chi connectivity index (χ3v) is 5.81. The molecule has 0 unspecified atom stereocenters. The minimum atomic E-state index is -0.158. The molecule has 0 spiro atoms. The van der Waals surface area contributed by atoms with E-state index in [2.05, 4.69) is 21.0 Å². The number of para-hydroxylation sites is 2. The molecule has 130 valence electrons. The summed E-state index contributed by atoms with van der Waals surface area (Å²) < 4.78 is 13.7. The lowest BCUT2D eigenvalue weighted by Gasteiger charge is -2.05. The normalized spacial score (nSPS) is 11.1. The van der Waals surface area contributed by atoms with Crippen LogP contribution >= 0.6 is 23.5 Å². The molecule has 2 aromatic carbocycles. The number of rotatable bonds is 6. The Hall–Kier alpha value is -2.31. The summed E-state index contributed by atoms with van der Waals surface area (Å²) in [6.45, 7) is 0. The molecule has 0 radical (unpaired) electrons. The molecule has 3 nitrogen and oxygen atoms in total. The fourth-order valence-corrected chi connectivity index (χ4v) is 4.26. The Bertz CT molecular complexity index is 999. The largest absolute Gasteiger partial charge is 0.333 e. The number of imidazole rings is 1. The Morgan fingerprint density at radius 2 is 1.77 bits per heavy atom. The highest BCUT2D eigenvalue weighted by molar-refractivity contribution is 7.98. The zero-order chi connectivity index (χ0) is 17.8. The van der Waals surface area contributed by atoms with Gasteiger partial charge in [0.25, 0.3) is 0 Å². The fraction of sp³-hybridized carbons (Fsp3) is 0.100. The topological polar surface area (TPSA) is 41.6 Å². The highest BCUT2D eigenvalue weighted by atomic mass is 32.2. The number of pyridine rings is 1. The van der Waals surface area contributed by atoms with Crippen LogP contribution in [0, 0.1) is 5.82 Å². The Morgan fingerprint density at radius 1 is 0.923 bits per heavy atom. The maximum Gasteiger partial charge on any atom is 0.166 e. The van der Waals surface area contributed by atoms with Gasteiger partial charge in [0.1, 0.15) is 5.82 Å². The van der Waals surface area contributed by atoms with Gasteiger partial charge in [0.15, 0.2) is 5.16 Å². The monoisotopic (exact) mass is 381 g/mol. The van der Waals surface area contributed by atoms with E-state index in [1.54, 1.807) is 35.8 Å². The van der Waals surface area contributed by atoms with Crippen LogP contribution in [0.1, 0.15) is 11.3 Å². The van der Waals surface area contributed by atoms with Crippen molar-refractivity contribution < 1.29 is 4.39 Å². The molecule has 0 aliphatic heterocycles. The SMILES string of the molecule is Fc1ccccc1CSc1ccnc(CSc2nc3ccccc3[nH]2)c1. The molecule has 4 rings (SSSR count). The Labute approximate surface area is 159 Å². The smallest absolute Gasteiger partial charge is 0.166 e. The van der Waals surface area contributed by atoms with Gasteiger partial charge in [-0.25, -0.2) is 9.37 Å². The minimum absolute atomic E-state index is 0.158. The third-order valence-electron chi connectivity index (χ3n) is 3.86. The highest BCUT2D eigenvalue weighted by Crippen LogP contribution is 2.27. The van der Waals surface area contributed by atoms with Gasteiger partial charge in [-0.15, -0.1) is 11.8 Å². The van der Waals surface area contributed by atoms with Crippen LogP contribution in [0.15, 0.2) is 76.9 Å². The molecule has 0 aliphatic rings. The van der Waals surface area contributed by atoms with Crippen LogP contribution in [0.2, 0.25) is 0 Å². The van der Waals surface area contributed by atoms with Crippen molar-refractivity contribution in [2.75, 3.05) is 0 Å². The van der Waals surface area contributed by atoms with Gasteiger partial charge >= 0.3 is 0 Å². The van der Waals surface area contributed by atoms with Crippen LogP contribution in [-0.4, -0.2) is 15.0 Å². The summed E-state index contributed by atoms with van der Waals surface area (Å²) in [4.78, 5) is 13.4. The highest BCUT2D eigenvalue weighted by Gasteiger charge is 2.06. The lowest BCUT2D eigenvalue weighted by atomic mass is 10.2. The molecule has 0 saturated heterocycles. The van der Waals surface area contributed by atoms with Crippen molar-refractivity contribution >= 4 is 34.6 Å². The van der Waals surface area contributed by atoms with Crippen molar-refractivity contribution in [1.29, 1.82) is 0 Å². The van der Waals surface area contributed by atoms with Gasteiger partial charge in [-0.3, -0.25) is 4.98 Å². The first-order valence-electron chi connectivity index (χ1n) is 8.16. The Morgan fingerprint density at radius 3 is 2.65 bits per heavy atom. The standard InChI is InChI=1S/C20H16FN3S2/c21-17-6-2-1-5-14(17)12-25-16-9-10-22-15(11-16)13-26-20-23-18-7-3-4-8-19(18)24-20/h1-11H,12-13H2,(H,23,24). The fourth-order valence-electron chi connectivity index (χ4n) is 2.54. The van der Waals surface area contributed by atoms with E-state index < -0.39 is 0 Å². The van der Waals surface area contributed by atoms with Crippen LogP contribution < -0.4 is 0 Å². The van der Waals surface area contributed by atoms with Gasteiger partial charge < -0.3 is 4.98 Å². The number of aromatic nitrogens is 3. The molecule has 1 N–H and O–H groups in total. The number of hydrogen-bond donors (Lipinski definition) is 1. The van der Waals surface area contributed by atoms with Crippen LogP contribution in [0.25, 0.3) is 11.0 Å². The van der Waals surface area contributed by atoms with E-state index in [0.717, 1.165) is 32.5 Å². The molecule has 4 aromatic rings. The molecule has 0 bridgehead atoms. The zero-order valence-electron chi connectivity index (χ0n) is 13.9. The summed E-state index contributed by atoms with van der Waals surface area (Å²) in [5.74, 6) is 1.18. The van der Waals surface area contributed by atoms with Crippen LogP contribution in [0.5, 0.6) is 0 Å². The average molecular weight is 382 g/mol. The zero-order valence-corrected chi connectivity index (χ0v) is 15.5. The van der Waals surface area contributed by atoms with E-state index in [1.165, 1.54) is 6.07 Å². The molecule has 0 saturated carbocycles. The van der Waals surface area contributed by atoms with E-state index in [1.807, 2.05) is 42.5 Å². The molecule has 0 aliphatic carbocycles. The molecular formula is C20H16FN3S2. The lowest BCUT2D eigenvalue weighted by molar-refractivity contribution is 0.617. The van der Waals surface area contributed by atoms with Gasteiger partial charge in [-0.05, 0) is 35.9 Å². The summed E-state index contributed by atoms with van der Waals surface area (Å²) in [5, 5.41) is 0.886. The first-order chi connectivity index (χ1) is 12.8. The number of H-pyrrole nitrogens is 1. The van der Waals surface area contributed by atoms with Crippen LogP contribution in [0.4, 0.5) is 4.39 Å².